The lowest BCUT2D eigenvalue weighted by Gasteiger charge is -2.21. The van der Waals surface area contributed by atoms with Crippen molar-refractivity contribution in [1.29, 1.82) is 0 Å². The zero-order valence-electron chi connectivity index (χ0n) is 15.1. The van der Waals surface area contributed by atoms with Crippen LogP contribution >= 0.6 is 0 Å². The minimum Gasteiger partial charge on any atom is -0.428 e. The Labute approximate surface area is 164 Å². The summed E-state index contributed by atoms with van der Waals surface area (Å²) in [5.41, 5.74) is 1.80. The second-order valence-corrected chi connectivity index (χ2v) is 6.08. The van der Waals surface area contributed by atoms with Crippen LogP contribution in [0.15, 0.2) is 54.9 Å². The van der Waals surface area contributed by atoms with Gasteiger partial charge in [-0.2, -0.15) is 17.6 Å². The smallest absolute Gasteiger partial charge is 0.428 e. The lowest BCUT2D eigenvalue weighted by atomic mass is 10.1. The summed E-state index contributed by atoms with van der Waals surface area (Å²) >= 11 is 0. The zero-order chi connectivity index (χ0) is 20.9. The molecule has 0 bridgehead atoms. The highest BCUT2D eigenvalue weighted by atomic mass is 19.3. The second kappa shape index (κ2) is 8.91. The molecule has 0 fully saturated rings. The van der Waals surface area contributed by atoms with Crippen molar-refractivity contribution in [3.8, 4) is 5.75 Å². The van der Waals surface area contributed by atoms with E-state index in [1.165, 1.54) is 18.3 Å². The van der Waals surface area contributed by atoms with Crippen LogP contribution in [-0.4, -0.2) is 52.2 Å². The number of aliphatic hydroxyl groups is 1. The normalized spacial score (nSPS) is 14.1. The van der Waals surface area contributed by atoms with Gasteiger partial charge in [0.05, 0.1) is 12.3 Å². The van der Waals surface area contributed by atoms with Crippen LogP contribution in [0.3, 0.4) is 0 Å². The summed E-state index contributed by atoms with van der Waals surface area (Å²) in [6, 6.07) is 6.93. The van der Waals surface area contributed by atoms with Gasteiger partial charge in [-0.25, -0.2) is 9.97 Å². The fourth-order valence-electron chi connectivity index (χ4n) is 2.56. The average molecular weight is 410 g/mol. The summed E-state index contributed by atoms with van der Waals surface area (Å²) in [7, 11) is 0. The van der Waals surface area contributed by atoms with Crippen LogP contribution in [0.1, 0.15) is 5.69 Å². The van der Waals surface area contributed by atoms with Crippen molar-refractivity contribution < 1.29 is 27.4 Å². The molecular formula is C19H18F4N4O2. The van der Waals surface area contributed by atoms with Gasteiger partial charge in [-0.3, -0.25) is 0 Å². The molecule has 29 heavy (non-hydrogen) atoms. The maximum atomic E-state index is 13.1. The summed E-state index contributed by atoms with van der Waals surface area (Å²) in [5, 5.41) is 11.8. The molecule has 2 N–H and O–H groups in total. The number of alkyl halides is 4. The summed E-state index contributed by atoms with van der Waals surface area (Å²) in [5.74, 6) is -0.217. The monoisotopic (exact) mass is 410 g/mol. The first-order valence-corrected chi connectivity index (χ1v) is 8.66. The predicted molar refractivity (Wildman–Crippen MR) is 99.1 cm³/mol. The molecular weight excluding hydrogens is 392 g/mol. The average Bonchev–Trinajstić information content (AvgIpc) is 2.69. The Hall–Kier alpha value is -3.14. The molecule has 0 atom stereocenters. The number of hydrogen-bond donors (Lipinski definition) is 2. The van der Waals surface area contributed by atoms with E-state index in [2.05, 4.69) is 20.0 Å². The topological polar surface area (TPSA) is 70.5 Å². The Morgan fingerprint density at radius 3 is 2.79 bits per heavy atom. The van der Waals surface area contributed by atoms with Gasteiger partial charge in [0, 0.05) is 37.2 Å². The molecule has 0 aliphatic carbocycles. The van der Waals surface area contributed by atoms with E-state index < -0.39 is 18.3 Å². The van der Waals surface area contributed by atoms with Crippen molar-refractivity contribution in [2.24, 2.45) is 0 Å². The van der Waals surface area contributed by atoms with Gasteiger partial charge in [-0.15, -0.1) is 0 Å². The Morgan fingerprint density at radius 2 is 2.10 bits per heavy atom. The molecule has 3 rings (SSSR count). The molecule has 0 unspecified atom stereocenters. The van der Waals surface area contributed by atoms with E-state index >= 15 is 0 Å². The third kappa shape index (κ3) is 5.44. The van der Waals surface area contributed by atoms with Crippen LogP contribution in [0.5, 0.6) is 5.75 Å². The lowest BCUT2D eigenvalue weighted by molar-refractivity contribution is -0.253. The van der Waals surface area contributed by atoms with Crippen molar-refractivity contribution >= 4 is 17.2 Å². The maximum absolute atomic E-state index is 13.1. The van der Waals surface area contributed by atoms with Crippen molar-refractivity contribution in [3.05, 3.63) is 60.6 Å². The van der Waals surface area contributed by atoms with E-state index in [-0.39, 0.29) is 12.6 Å². The first kappa shape index (κ1) is 20.6. The number of aromatic nitrogens is 2. The Bertz CT molecular complexity index is 905. The molecule has 154 valence electrons. The third-order valence-corrected chi connectivity index (χ3v) is 3.95. The van der Waals surface area contributed by atoms with Gasteiger partial charge in [-0.1, -0.05) is 12.1 Å². The molecule has 10 heteroatoms. The largest absolute Gasteiger partial charge is 0.461 e. The molecule has 1 aliphatic heterocycles. The fraction of sp³-hybridized carbons (Fsp3) is 0.263. The molecule has 0 spiro atoms. The molecule has 0 amide bonds. The number of benzene rings is 1. The predicted octanol–water partition coefficient (Wildman–Crippen LogP) is 3.66. The van der Waals surface area contributed by atoms with Crippen LogP contribution in [0, 0.1) is 0 Å². The maximum Gasteiger partial charge on any atom is 0.461 e. The summed E-state index contributed by atoms with van der Waals surface area (Å²) in [6.45, 7) is 1.21. The van der Waals surface area contributed by atoms with E-state index in [9.17, 15) is 17.6 Å². The van der Waals surface area contributed by atoms with E-state index in [4.69, 9.17) is 5.11 Å². The summed E-state index contributed by atoms with van der Waals surface area (Å²) in [6.07, 6.45) is -1.34. The molecule has 2 heterocycles. The van der Waals surface area contributed by atoms with Crippen molar-refractivity contribution in [2.45, 2.75) is 12.5 Å². The number of nitrogens with one attached hydrogen (secondary N) is 1. The minimum absolute atomic E-state index is 0.0567. The standard InChI is InChI=1S/C19H18F4N4O2/c20-17(21)19(22,23)29-15-3-1-2-14(12-15)25-18-24-7-4-16(26-18)13-5-8-27(9-6-13)10-11-28/h1-8,12,17,28H,9-11H2,(H,24,25,26). The molecule has 0 saturated carbocycles. The fourth-order valence-corrected chi connectivity index (χ4v) is 2.56. The van der Waals surface area contributed by atoms with E-state index in [1.54, 1.807) is 6.07 Å². The van der Waals surface area contributed by atoms with E-state index in [0.29, 0.717) is 24.5 Å². The van der Waals surface area contributed by atoms with Crippen LogP contribution < -0.4 is 10.1 Å². The van der Waals surface area contributed by atoms with Gasteiger partial charge in [0.2, 0.25) is 5.95 Å². The van der Waals surface area contributed by atoms with Crippen molar-refractivity contribution in [2.75, 3.05) is 25.0 Å². The first-order chi connectivity index (χ1) is 13.9. The van der Waals surface area contributed by atoms with E-state index in [0.717, 1.165) is 17.7 Å². The Kier molecular flexibility index (Phi) is 6.32. The van der Waals surface area contributed by atoms with Crippen LogP contribution in [0.4, 0.5) is 29.2 Å². The molecule has 1 aromatic heterocycles. The second-order valence-electron chi connectivity index (χ2n) is 6.08. The molecule has 0 radical (unpaired) electrons. The number of β-amino-alcohol motifs (C(OH)–C–C–N with tert-alkyl or cyclic N) is 1. The molecule has 1 aliphatic rings. The summed E-state index contributed by atoms with van der Waals surface area (Å²) < 4.78 is 54.8. The van der Waals surface area contributed by atoms with Crippen molar-refractivity contribution in [1.82, 2.24) is 14.9 Å². The number of anilines is 2. The highest BCUT2D eigenvalue weighted by molar-refractivity contribution is 5.73. The number of halogens is 4. The molecule has 2 aromatic rings. The van der Waals surface area contributed by atoms with Gasteiger partial charge in [0.15, 0.2) is 0 Å². The number of allylic oxidation sites excluding steroid dienone is 2. The van der Waals surface area contributed by atoms with Crippen LogP contribution in [0.25, 0.3) is 5.57 Å². The zero-order valence-corrected chi connectivity index (χ0v) is 15.1. The first-order valence-electron chi connectivity index (χ1n) is 8.66. The van der Waals surface area contributed by atoms with Gasteiger partial charge >= 0.3 is 12.5 Å². The quantitative estimate of drug-likeness (QED) is 0.648. The number of hydrogen-bond acceptors (Lipinski definition) is 6. The Morgan fingerprint density at radius 1 is 1.28 bits per heavy atom. The Balaban J connectivity index is 1.71. The molecule has 0 saturated heterocycles. The molecule has 6 nitrogen and oxygen atoms in total. The van der Waals surface area contributed by atoms with Gasteiger partial charge in [0.25, 0.3) is 0 Å². The third-order valence-electron chi connectivity index (χ3n) is 3.95. The van der Waals surface area contributed by atoms with Crippen LogP contribution in [0.2, 0.25) is 0 Å². The van der Waals surface area contributed by atoms with Crippen molar-refractivity contribution in [3.63, 3.8) is 0 Å². The SMILES string of the molecule is OCCN1C=CC(c2ccnc(Nc3cccc(OC(F)(F)C(F)F)c3)n2)=CC1. The number of rotatable bonds is 8. The molecule has 1 aromatic carbocycles. The number of nitrogens with zero attached hydrogens (tertiary/aromatic N) is 3. The lowest BCUT2D eigenvalue weighted by Crippen LogP contribution is -2.33. The number of ether oxygens (including phenoxy) is 1. The van der Waals surface area contributed by atoms with Gasteiger partial charge in [0.1, 0.15) is 5.75 Å². The highest BCUT2D eigenvalue weighted by Gasteiger charge is 2.43. The number of aliphatic hydroxyl groups excluding tert-OH is 1. The van der Waals surface area contributed by atoms with Gasteiger partial charge in [-0.05, 0) is 29.8 Å². The summed E-state index contributed by atoms with van der Waals surface area (Å²) in [4.78, 5) is 10.4. The van der Waals surface area contributed by atoms with E-state index in [1.807, 2.05) is 23.3 Å². The highest BCUT2D eigenvalue weighted by Crippen LogP contribution is 2.29. The van der Waals surface area contributed by atoms with Crippen LogP contribution in [-0.2, 0) is 0 Å². The minimum atomic E-state index is -4.58. The van der Waals surface area contributed by atoms with Gasteiger partial charge < -0.3 is 20.1 Å².